The number of imidazole rings is 1. The molecule has 0 aliphatic heterocycles. The molecule has 1 aliphatic rings. The minimum atomic E-state index is -0.828. The molecule has 0 saturated heterocycles. The van der Waals surface area contributed by atoms with Gasteiger partial charge in [0.05, 0.1) is 10.9 Å². The highest BCUT2D eigenvalue weighted by Gasteiger charge is 2.25. The molecule has 1 saturated carbocycles. The summed E-state index contributed by atoms with van der Waals surface area (Å²) in [5.74, 6) is -0.998. The number of halogens is 3. The molecular formula is C16H19ClF2N2. The van der Waals surface area contributed by atoms with Crippen molar-refractivity contribution in [2.45, 2.75) is 56.9 Å². The summed E-state index contributed by atoms with van der Waals surface area (Å²) in [4.78, 5) is 4.44. The lowest BCUT2D eigenvalue weighted by molar-refractivity contribution is 0.431. The summed E-state index contributed by atoms with van der Waals surface area (Å²) in [5.41, 5.74) is 0.755. The second-order valence-electron chi connectivity index (χ2n) is 5.83. The van der Waals surface area contributed by atoms with Crippen molar-refractivity contribution in [3.8, 4) is 0 Å². The quantitative estimate of drug-likeness (QED) is 0.528. The van der Waals surface area contributed by atoms with Crippen molar-refractivity contribution in [2.24, 2.45) is 0 Å². The number of hydrogen-bond acceptors (Lipinski definition) is 1. The van der Waals surface area contributed by atoms with Crippen molar-refractivity contribution in [3.63, 3.8) is 0 Å². The van der Waals surface area contributed by atoms with Crippen LogP contribution in [0.5, 0.6) is 0 Å². The first-order valence-electron chi connectivity index (χ1n) is 7.59. The summed E-state index contributed by atoms with van der Waals surface area (Å²) in [7, 11) is 0. The van der Waals surface area contributed by atoms with E-state index in [4.69, 9.17) is 11.6 Å². The van der Waals surface area contributed by atoms with Crippen LogP contribution in [-0.2, 0) is 0 Å². The Morgan fingerprint density at radius 2 is 1.86 bits per heavy atom. The molecule has 0 radical (unpaired) electrons. The van der Waals surface area contributed by atoms with E-state index in [-0.39, 0.29) is 16.9 Å². The second-order valence-corrected chi connectivity index (χ2v) is 6.49. The molecule has 0 bridgehead atoms. The molecule has 114 valence electrons. The molecule has 21 heavy (non-hydrogen) atoms. The molecule has 1 fully saturated rings. The third kappa shape index (κ3) is 2.66. The van der Waals surface area contributed by atoms with Crippen LogP contribution in [0.4, 0.5) is 8.78 Å². The normalized spacial score (nSPS) is 18.9. The number of fused-ring (bicyclic) bond motifs is 1. The van der Waals surface area contributed by atoms with Crippen LogP contribution in [0.1, 0.15) is 62.7 Å². The topological polar surface area (TPSA) is 17.8 Å². The molecule has 2 aromatic rings. The van der Waals surface area contributed by atoms with Crippen molar-refractivity contribution >= 4 is 22.6 Å². The highest BCUT2D eigenvalue weighted by Crippen LogP contribution is 2.36. The van der Waals surface area contributed by atoms with Crippen molar-refractivity contribution in [3.05, 3.63) is 29.6 Å². The number of hydrogen-bond donors (Lipinski definition) is 0. The fraction of sp³-hybridized carbons (Fsp3) is 0.562. The summed E-state index contributed by atoms with van der Waals surface area (Å²) in [6.07, 6.45) is 6.56. The molecular weight excluding hydrogens is 294 g/mol. The Labute approximate surface area is 128 Å². The summed E-state index contributed by atoms with van der Waals surface area (Å²) in [5, 5.41) is -0.330. The molecule has 3 rings (SSSR count). The van der Waals surface area contributed by atoms with Gasteiger partial charge in [-0.2, -0.15) is 0 Å². The van der Waals surface area contributed by atoms with Gasteiger partial charge in [0.15, 0.2) is 11.6 Å². The van der Waals surface area contributed by atoms with Crippen molar-refractivity contribution in [2.75, 3.05) is 0 Å². The molecule has 0 amide bonds. The maximum Gasteiger partial charge on any atom is 0.184 e. The SMILES string of the molecule is CC(Cl)c1nc2ccc(F)c(F)c2n1C1CCCCCC1. The smallest absolute Gasteiger partial charge is 0.184 e. The van der Waals surface area contributed by atoms with Gasteiger partial charge in [-0.15, -0.1) is 11.6 Å². The van der Waals surface area contributed by atoms with Crippen molar-refractivity contribution in [1.29, 1.82) is 0 Å². The summed E-state index contributed by atoms with van der Waals surface area (Å²) >= 11 is 6.23. The van der Waals surface area contributed by atoms with Gasteiger partial charge in [0.2, 0.25) is 0 Å². The average Bonchev–Trinajstić information content (AvgIpc) is 2.65. The number of rotatable bonds is 2. The van der Waals surface area contributed by atoms with Crippen LogP contribution >= 0.6 is 11.6 Å². The number of alkyl halides is 1. The Morgan fingerprint density at radius 1 is 1.19 bits per heavy atom. The zero-order chi connectivity index (χ0) is 15.0. The van der Waals surface area contributed by atoms with Crippen LogP contribution in [-0.4, -0.2) is 9.55 Å². The number of benzene rings is 1. The van der Waals surface area contributed by atoms with E-state index in [0.29, 0.717) is 11.3 Å². The van der Waals surface area contributed by atoms with Crippen LogP contribution < -0.4 is 0 Å². The first-order chi connectivity index (χ1) is 10.1. The van der Waals surface area contributed by atoms with Gasteiger partial charge < -0.3 is 4.57 Å². The van der Waals surface area contributed by atoms with Gasteiger partial charge in [0.25, 0.3) is 0 Å². The van der Waals surface area contributed by atoms with Crippen molar-refractivity contribution in [1.82, 2.24) is 9.55 Å². The number of nitrogens with zero attached hydrogens (tertiary/aromatic N) is 2. The Balaban J connectivity index is 2.21. The van der Waals surface area contributed by atoms with E-state index >= 15 is 0 Å². The zero-order valence-electron chi connectivity index (χ0n) is 12.1. The molecule has 2 nitrogen and oxygen atoms in total. The van der Waals surface area contributed by atoms with Gasteiger partial charge >= 0.3 is 0 Å². The van der Waals surface area contributed by atoms with Crippen LogP contribution in [0.3, 0.4) is 0 Å². The molecule has 1 aliphatic carbocycles. The van der Waals surface area contributed by atoms with Crippen LogP contribution in [0.2, 0.25) is 0 Å². The maximum absolute atomic E-state index is 14.3. The van der Waals surface area contributed by atoms with Gasteiger partial charge in [-0.1, -0.05) is 25.7 Å². The van der Waals surface area contributed by atoms with Crippen molar-refractivity contribution < 1.29 is 8.78 Å². The lowest BCUT2D eigenvalue weighted by Gasteiger charge is -2.21. The van der Waals surface area contributed by atoms with Crippen LogP contribution in [0, 0.1) is 11.6 Å². The molecule has 1 atom stereocenters. The molecule has 5 heteroatoms. The van der Waals surface area contributed by atoms with E-state index in [0.717, 1.165) is 31.7 Å². The highest BCUT2D eigenvalue weighted by atomic mass is 35.5. The summed E-state index contributed by atoms with van der Waals surface area (Å²) in [6.45, 7) is 1.82. The molecule has 0 N–H and O–H groups in total. The lowest BCUT2D eigenvalue weighted by Crippen LogP contribution is -2.13. The van der Waals surface area contributed by atoms with Gasteiger partial charge in [-0.3, -0.25) is 0 Å². The van der Waals surface area contributed by atoms with Gasteiger partial charge in [-0.25, -0.2) is 13.8 Å². The lowest BCUT2D eigenvalue weighted by atomic mass is 10.1. The molecule has 1 unspecified atom stereocenters. The Hall–Kier alpha value is -1.16. The third-order valence-corrected chi connectivity index (χ3v) is 4.51. The molecule has 0 spiro atoms. The first kappa shape index (κ1) is 14.8. The van der Waals surface area contributed by atoms with E-state index in [1.807, 2.05) is 11.5 Å². The predicted molar refractivity (Wildman–Crippen MR) is 80.7 cm³/mol. The monoisotopic (exact) mass is 312 g/mol. The average molecular weight is 313 g/mol. The standard InChI is InChI=1S/C16H19ClF2N2/c1-10(17)16-20-13-9-8-12(18)14(19)15(13)21(16)11-6-4-2-3-5-7-11/h8-11H,2-7H2,1H3. The van der Waals surface area contributed by atoms with Gasteiger partial charge in [0, 0.05) is 6.04 Å². The van der Waals surface area contributed by atoms with Crippen LogP contribution in [0.25, 0.3) is 11.0 Å². The second kappa shape index (κ2) is 5.91. The van der Waals surface area contributed by atoms with E-state index in [9.17, 15) is 8.78 Å². The minimum absolute atomic E-state index is 0.157. The Morgan fingerprint density at radius 3 is 2.48 bits per heavy atom. The third-order valence-electron chi connectivity index (χ3n) is 4.32. The maximum atomic E-state index is 14.3. The molecule has 1 heterocycles. The van der Waals surface area contributed by atoms with E-state index < -0.39 is 11.6 Å². The van der Waals surface area contributed by atoms with Crippen LogP contribution in [0.15, 0.2) is 12.1 Å². The summed E-state index contributed by atoms with van der Waals surface area (Å²) < 4.78 is 29.8. The van der Waals surface area contributed by atoms with Gasteiger partial charge in [0.1, 0.15) is 11.3 Å². The van der Waals surface area contributed by atoms with Gasteiger partial charge in [-0.05, 0) is 31.9 Å². The fourth-order valence-corrected chi connectivity index (χ4v) is 3.46. The van der Waals surface area contributed by atoms with E-state index in [1.54, 1.807) is 0 Å². The summed E-state index contributed by atoms with van der Waals surface area (Å²) in [6, 6.07) is 2.82. The van der Waals surface area contributed by atoms with E-state index in [1.165, 1.54) is 18.9 Å². The molecule has 1 aromatic heterocycles. The Kier molecular flexibility index (Phi) is 4.16. The largest absolute Gasteiger partial charge is 0.321 e. The predicted octanol–water partition coefficient (Wildman–Crippen LogP) is 5.51. The minimum Gasteiger partial charge on any atom is -0.321 e. The molecule has 1 aromatic carbocycles. The number of aromatic nitrogens is 2. The highest BCUT2D eigenvalue weighted by molar-refractivity contribution is 6.20. The van der Waals surface area contributed by atoms with E-state index in [2.05, 4.69) is 4.98 Å². The Bertz CT molecular complexity index is 643. The first-order valence-corrected chi connectivity index (χ1v) is 8.03. The zero-order valence-corrected chi connectivity index (χ0v) is 12.8. The fourth-order valence-electron chi connectivity index (χ4n) is 3.31.